The highest BCUT2D eigenvalue weighted by atomic mass is 32.2. The van der Waals surface area contributed by atoms with Crippen LogP contribution in [-0.4, -0.2) is 80.3 Å². The summed E-state index contributed by atoms with van der Waals surface area (Å²) in [6, 6.07) is 2.68. The molecule has 226 valence electrons. The number of nitrogens with one attached hydrogen (secondary N) is 2. The van der Waals surface area contributed by atoms with Crippen molar-refractivity contribution in [2.24, 2.45) is 11.8 Å². The minimum atomic E-state index is -5.11. The molecule has 2 saturated heterocycles. The Morgan fingerprint density at radius 2 is 2.00 bits per heavy atom. The van der Waals surface area contributed by atoms with Gasteiger partial charge in [0.25, 0.3) is 0 Å². The lowest BCUT2D eigenvalue weighted by atomic mass is 9.79. The lowest BCUT2D eigenvalue weighted by Gasteiger charge is -2.46. The average molecular weight is 614 g/mol. The van der Waals surface area contributed by atoms with Gasteiger partial charge in [-0.3, -0.25) is 14.4 Å². The minimum Gasteiger partial charge on any atom is -0.481 e. The predicted molar refractivity (Wildman–Crippen MR) is 140 cm³/mol. The van der Waals surface area contributed by atoms with Crippen molar-refractivity contribution >= 4 is 52.2 Å². The number of thioether (sulfide) groups is 1. The van der Waals surface area contributed by atoms with Gasteiger partial charge in [0.1, 0.15) is 17.7 Å². The normalized spacial score (nSPS) is 26.3. The Kier molecular flexibility index (Phi) is 7.66. The molecule has 0 bridgehead atoms. The summed E-state index contributed by atoms with van der Waals surface area (Å²) in [6.45, 7) is 3.63. The van der Waals surface area contributed by atoms with E-state index < -0.39 is 72.2 Å². The summed E-state index contributed by atoms with van der Waals surface area (Å²) in [6.07, 6.45) is -6.60. The Labute approximate surface area is 239 Å². The number of alkyl halides is 3. The maximum absolute atomic E-state index is 13.0. The molecule has 2 fully saturated rings. The number of hydrogen-bond donors (Lipinski definition) is 5. The summed E-state index contributed by atoms with van der Waals surface area (Å²) >= 11 is 1.26. The van der Waals surface area contributed by atoms with Crippen molar-refractivity contribution in [3.8, 4) is 5.75 Å². The van der Waals surface area contributed by atoms with Crippen molar-refractivity contribution in [3.63, 3.8) is 0 Å². The summed E-state index contributed by atoms with van der Waals surface area (Å²) in [5, 5.41) is 34.2. The molecule has 4 heterocycles. The Morgan fingerprint density at radius 1 is 1.29 bits per heavy atom. The van der Waals surface area contributed by atoms with Gasteiger partial charge < -0.3 is 40.0 Å². The molecule has 3 aliphatic rings. The van der Waals surface area contributed by atoms with Crippen LogP contribution in [0.3, 0.4) is 0 Å². The van der Waals surface area contributed by atoms with Crippen LogP contribution in [0.5, 0.6) is 5.75 Å². The molecule has 12 nitrogen and oxygen atoms in total. The van der Waals surface area contributed by atoms with Crippen LogP contribution in [0.2, 0.25) is 0 Å². The number of hydrogen-bond acceptors (Lipinski definition) is 9. The second kappa shape index (κ2) is 10.8. The number of carbonyl (C=O) groups is 4. The third-order valence-corrected chi connectivity index (χ3v) is 9.03. The number of furan rings is 1. The number of ether oxygens (including phenoxy) is 1. The quantitative estimate of drug-likeness (QED) is 0.263. The SMILES string of the molecule is C[C@@H](O)[C@H]1C(=O)N2C(C(=O)O)=C(S[C@@H]3CN[C@H](C(=O)Nc4ccc5oc(CC(=O)O)c(OC(F)(F)F)c5c4)C3)[C@H](C)[C@H]12. The van der Waals surface area contributed by atoms with Crippen molar-refractivity contribution < 1.29 is 56.8 Å². The number of halogens is 3. The highest BCUT2D eigenvalue weighted by Gasteiger charge is 2.60. The lowest BCUT2D eigenvalue weighted by Crippen LogP contribution is -2.63. The minimum absolute atomic E-state index is 0.0619. The number of aliphatic carboxylic acids is 2. The van der Waals surface area contributed by atoms with Crippen molar-refractivity contribution in [1.29, 1.82) is 0 Å². The molecular formula is C26H26F3N3O9S. The number of aliphatic hydroxyl groups is 1. The van der Waals surface area contributed by atoms with Crippen LogP contribution in [0.4, 0.5) is 18.9 Å². The fraction of sp³-hybridized carbons (Fsp3) is 0.462. The summed E-state index contributed by atoms with van der Waals surface area (Å²) in [5.41, 5.74) is -0.0551. The van der Waals surface area contributed by atoms with Gasteiger partial charge in [-0.05, 0) is 31.5 Å². The number of carboxylic acid groups (broad SMARTS) is 2. The first-order chi connectivity index (χ1) is 19.7. The number of amides is 2. The number of anilines is 1. The van der Waals surface area contributed by atoms with E-state index >= 15 is 0 Å². The standard InChI is InChI=1S/C26H26F3N3O9S/c1-9-19-18(10(2)33)24(37)32(19)20(25(38)39)22(9)42-12-6-14(30-8-12)23(36)31-11-3-4-15-13(5-11)21(41-26(27,28)29)16(40-15)7-17(34)35/h3-5,9-10,12,14,18-19,30,33H,6-8H2,1-2H3,(H,31,36)(H,34,35)(H,38,39)/t9-,10-,12+,14+,18-,19-/m1/s1. The van der Waals surface area contributed by atoms with Crippen molar-refractivity contribution in [3.05, 3.63) is 34.6 Å². The molecular weight excluding hydrogens is 587 g/mol. The number of nitrogens with zero attached hydrogens (tertiary/aromatic N) is 1. The summed E-state index contributed by atoms with van der Waals surface area (Å²) in [5.74, 6) is -5.96. The molecule has 0 unspecified atom stereocenters. The monoisotopic (exact) mass is 613 g/mol. The van der Waals surface area contributed by atoms with Gasteiger partial charge in [0, 0.05) is 28.3 Å². The second-order valence-corrected chi connectivity index (χ2v) is 11.7. The fourth-order valence-corrected chi connectivity index (χ4v) is 7.24. The zero-order chi connectivity index (χ0) is 30.7. The molecule has 1 aromatic heterocycles. The molecule has 0 saturated carbocycles. The number of carboxylic acids is 2. The number of β-lactam (4-membered cyclic amide) rings is 1. The summed E-state index contributed by atoms with van der Waals surface area (Å²) < 4.78 is 48.3. The van der Waals surface area contributed by atoms with E-state index in [0.29, 0.717) is 11.4 Å². The van der Waals surface area contributed by atoms with Crippen LogP contribution in [0, 0.1) is 11.8 Å². The van der Waals surface area contributed by atoms with Gasteiger partial charge in [-0.1, -0.05) is 6.92 Å². The Bertz CT molecular complexity index is 1500. The van der Waals surface area contributed by atoms with E-state index in [1.165, 1.54) is 41.8 Å². The Balaban J connectivity index is 1.29. The molecule has 16 heteroatoms. The van der Waals surface area contributed by atoms with Gasteiger partial charge in [0.15, 0.2) is 11.5 Å². The third-order valence-electron chi connectivity index (χ3n) is 7.52. The number of benzene rings is 1. The van der Waals surface area contributed by atoms with Crippen molar-refractivity contribution in [2.45, 2.75) is 56.5 Å². The van der Waals surface area contributed by atoms with E-state index in [4.69, 9.17) is 9.52 Å². The van der Waals surface area contributed by atoms with Crippen LogP contribution < -0.4 is 15.4 Å². The molecule has 5 N–H and O–H groups in total. The molecule has 6 atom stereocenters. The van der Waals surface area contributed by atoms with Gasteiger partial charge in [-0.15, -0.1) is 24.9 Å². The van der Waals surface area contributed by atoms with Gasteiger partial charge in [0.05, 0.1) is 29.5 Å². The van der Waals surface area contributed by atoms with Gasteiger partial charge in [-0.2, -0.15) is 0 Å². The first-order valence-electron chi connectivity index (χ1n) is 12.9. The predicted octanol–water partition coefficient (Wildman–Crippen LogP) is 2.51. The van der Waals surface area contributed by atoms with E-state index in [1.54, 1.807) is 6.92 Å². The highest BCUT2D eigenvalue weighted by Crippen LogP contribution is 2.52. The summed E-state index contributed by atoms with van der Waals surface area (Å²) in [4.78, 5) is 50.5. The van der Waals surface area contributed by atoms with Crippen LogP contribution in [-0.2, 0) is 25.6 Å². The summed E-state index contributed by atoms with van der Waals surface area (Å²) in [7, 11) is 0. The van der Waals surface area contributed by atoms with E-state index in [9.17, 15) is 42.6 Å². The Hall–Kier alpha value is -3.76. The number of carbonyl (C=O) groups excluding carboxylic acids is 2. The number of rotatable bonds is 9. The largest absolute Gasteiger partial charge is 0.573 e. The second-order valence-electron chi connectivity index (χ2n) is 10.4. The third kappa shape index (κ3) is 5.41. The van der Waals surface area contributed by atoms with E-state index in [1.807, 2.05) is 0 Å². The first kappa shape index (κ1) is 29.7. The molecule has 5 rings (SSSR count). The van der Waals surface area contributed by atoms with Crippen LogP contribution >= 0.6 is 11.8 Å². The van der Waals surface area contributed by atoms with Crippen LogP contribution in [0.25, 0.3) is 11.0 Å². The van der Waals surface area contributed by atoms with Crippen LogP contribution in [0.15, 0.2) is 33.2 Å². The molecule has 2 amide bonds. The Morgan fingerprint density at radius 3 is 2.62 bits per heavy atom. The lowest BCUT2D eigenvalue weighted by molar-refractivity contribution is -0.274. The van der Waals surface area contributed by atoms with E-state index in [2.05, 4.69) is 15.4 Å². The number of aliphatic hydroxyl groups excluding tert-OH is 1. The zero-order valence-corrected chi connectivity index (χ0v) is 22.9. The van der Waals surface area contributed by atoms with Crippen molar-refractivity contribution in [2.75, 3.05) is 11.9 Å². The maximum Gasteiger partial charge on any atom is 0.573 e. The first-order valence-corrected chi connectivity index (χ1v) is 13.8. The molecule has 0 spiro atoms. The molecule has 42 heavy (non-hydrogen) atoms. The fourth-order valence-electron chi connectivity index (χ4n) is 5.77. The molecule has 3 aliphatic heterocycles. The van der Waals surface area contributed by atoms with Gasteiger partial charge in [0.2, 0.25) is 11.8 Å². The highest BCUT2D eigenvalue weighted by molar-refractivity contribution is 8.03. The topological polar surface area (TPSA) is 179 Å². The zero-order valence-electron chi connectivity index (χ0n) is 22.1. The maximum atomic E-state index is 13.0. The average Bonchev–Trinajstić information content (AvgIpc) is 3.53. The van der Waals surface area contributed by atoms with Gasteiger partial charge >= 0.3 is 18.3 Å². The smallest absolute Gasteiger partial charge is 0.481 e. The van der Waals surface area contributed by atoms with Gasteiger partial charge in [-0.25, -0.2) is 4.79 Å². The van der Waals surface area contributed by atoms with E-state index in [-0.39, 0.29) is 39.9 Å². The number of fused-ring (bicyclic) bond motifs is 2. The molecule has 1 aromatic carbocycles. The molecule has 0 radical (unpaired) electrons. The molecule has 2 aromatic rings. The molecule has 0 aliphatic carbocycles. The van der Waals surface area contributed by atoms with Crippen molar-refractivity contribution in [1.82, 2.24) is 10.2 Å². The van der Waals surface area contributed by atoms with Crippen LogP contribution in [0.1, 0.15) is 26.0 Å². The van der Waals surface area contributed by atoms with E-state index in [0.717, 1.165) is 0 Å².